The van der Waals surface area contributed by atoms with Crippen molar-refractivity contribution in [1.29, 1.82) is 0 Å². The van der Waals surface area contributed by atoms with Crippen LogP contribution in [0, 0.1) is 12.3 Å². The fourth-order valence-corrected chi connectivity index (χ4v) is 9.93. The normalized spacial score (nSPS) is 18.1. The van der Waals surface area contributed by atoms with Crippen LogP contribution in [-0.4, -0.2) is 140 Å². The maximum absolute atomic E-state index is 14.0. The number of carbonyl (C=O) groups is 5. The van der Waals surface area contributed by atoms with Crippen molar-refractivity contribution in [2.75, 3.05) is 51.9 Å². The van der Waals surface area contributed by atoms with E-state index in [0.29, 0.717) is 28.2 Å². The summed E-state index contributed by atoms with van der Waals surface area (Å²) in [6.45, 7) is 9.08. The third kappa shape index (κ3) is 12.5. The van der Waals surface area contributed by atoms with Crippen molar-refractivity contribution < 1.29 is 48.0 Å². The van der Waals surface area contributed by atoms with E-state index >= 15 is 0 Å². The molecule has 2 fully saturated rings. The van der Waals surface area contributed by atoms with E-state index in [0.717, 1.165) is 27.3 Å². The average Bonchev–Trinajstić information content (AvgIpc) is 4.21. The molecule has 0 bridgehead atoms. The fraction of sp³-hybridized carbons (Fsp3) is 0.415. The Morgan fingerprint density at radius 2 is 1.54 bits per heavy atom. The van der Waals surface area contributed by atoms with E-state index in [-0.39, 0.29) is 83.7 Å². The van der Waals surface area contributed by atoms with Gasteiger partial charge in [0.05, 0.1) is 53.4 Å². The van der Waals surface area contributed by atoms with Crippen molar-refractivity contribution in [3.8, 4) is 33.2 Å². The van der Waals surface area contributed by atoms with Crippen LogP contribution >= 0.6 is 11.3 Å². The number of para-hydroxylation sites is 1. The summed E-state index contributed by atoms with van der Waals surface area (Å²) in [5, 5.41) is 21.8. The number of likely N-dealkylation sites (tertiary alicyclic amines) is 2. The van der Waals surface area contributed by atoms with Gasteiger partial charge in [0.25, 0.3) is 0 Å². The Morgan fingerprint density at radius 1 is 0.838 bits per heavy atom. The first-order valence-electron chi connectivity index (χ1n) is 24.6. The first-order valence-corrected chi connectivity index (χ1v) is 25.5. The largest absolute Gasteiger partial charge is 0.462 e. The number of aliphatic hydroxyl groups excluding tert-OH is 1. The molecule has 4 amide bonds. The third-order valence-electron chi connectivity index (χ3n) is 12.9. The molecule has 0 unspecified atom stereocenters. The van der Waals surface area contributed by atoms with Crippen LogP contribution < -0.4 is 21.1 Å². The van der Waals surface area contributed by atoms with E-state index in [1.165, 1.54) is 16.1 Å². The van der Waals surface area contributed by atoms with Crippen LogP contribution in [-0.2, 0) is 44.7 Å². The quantitative estimate of drug-likeness (QED) is 0.0564. The van der Waals surface area contributed by atoms with Gasteiger partial charge in [-0.15, -0.1) is 11.3 Å². The monoisotopic (exact) mass is 1030 g/mol. The molecule has 8 rings (SSSR count). The molecule has 3 aromatic carbocycles. The summed E-state index contributed by atoms with van der Waals surface area (Å²) < 4.78 is 24.5. The van der Waals surface area contributed by atoms with Gasteiger partial charge in [-0.05, 0) is 59.9 Å². The van der Waals surface area contributed by atoms with Crippen molar-refractivity contribution in [2.45, 2.75) is 90.7 Å². The molecule has 3 aromatic heterocycles. The molecule has 0 spiro atoms. The van der Waals surface area contributed by atoms with E-state index in [9.17, 15) is 29.1 Å². The van der Waals surface area contributed by atoms with Crippen molar-refractivity contribution in [3.05, 3.63) is 102 Å². The predicted octanol–water partition coefficient (Wildman–Crippen LogP) is 5.24. The molecule has 6 aromatic rings. The maximum Gasteiger partial charge on any atom is 0.329 e. The zero-order chi connectivity index (χ0) is 52.5. The number of amides is 4. The second kappa shape index (κ2) is 23.7. The Balaban J connectivity index is 0.784. The number of aliphatic hydroxyl groups is 1. The highest BCUT2D eigenvalue weighted by atomic mass is 32.1. The number of anilines is 1. The Kier molecular flexibility index (Phi) is 17.0. The molecular weight excluding hydrogens is 969 g/mol. The van der Waals surface area contributed by atoms with Crippen molar-refractivity contribution >= 4 is 57.8 Å². The summed E-state index contributed by atoms with van der Waals surface area (Å²) in [6.07, 6.45) is 0.900. The molecule has 21 heteroatoms. The minimum Gasteiger partial charge on any atom is -0.462 e. The summed E-state index contributed by atoms with van der Waals surface area (Å²) in [6, 6.07) is 21.4. The number of esters is 1. The molecule has 0 radical (unpaired) electrons. The van der Waals surface area contributed by atoms with Crippen molar-refractivity contribution in [1.82, 2.24) is 45.2 Å². The Hall–Kier alpha value is -7.33. The number of hydrogen-bond acceptors (Lipinski definition) is 16. The minimum absolute atomic E-state index is 0.0201. The summed E-state index contributed by atoms with van der Waals surface area (Å²) >= 11 is 1.56. The van der Waals surface area contributed by atoms with Crippen LogP contribution in [0.15, 0.2) is 90.7 Å². The number of fused-ring (bicyclic) bond motifs is 1. The summed E-state index contributed by atoms with van der Waals surface area (Å²) in [5.41, 5.74) is 12.1. The van der Waals surface area contributed by atoms with Gasteiger partial charge in [-0.2, -0.15) is 5.10 Å². The van der Waals surface area contributed by atoms with Crippen molar-refractivity contribution in [2.24, 2.45) is 5.41 Å². The number of ether oxygens (including phenoxy) is 4. The second-order valence-electron chi connectivity index (χ2n) is 19.3. The molecule has 5 atom stereocenters. The van der Waals surface area contributed by atoms with E-state index in [2.05, 4.69) is 25.6 Å². The molecule has 5 heterocycles. The highest BCUT2D eigenvalue weighted by molar-refractivity contribution is 7.13. The number of nitrogen functional groups attached to an aromatic ring is 1. The second-order valence-corrected chi connectivity index (χ2v) is 20.1. The Labute approximate surface area is 432 Å². The smallest absolute Gasteiger partial charge is 0.329 e. The maximum atomic E-state index is 14.0. The number of nitrogens with zero attached hydrogens (tertiary/aromatic N) is 7. The van der Waals surface area contributed by atoms with Crippen LogP contribution in [0.3, 0.4) is 0 Å². The van der Waals surface area contributed by atoms with Crippen LogP contribution in [0.25, 0.3) is 32.7 Å². The SMILES string of the molecule is CCC(=O)N1C[C@@H](n2nc(-c3ccc(Oc4ccccc4)cc3)c3c(N)ncnc32)C[C@H]1C(=O)OCCOCCOCC(=O)N[C@H](C(=O)N1C[C@H](O)C[C@H]1C(=O)NCc1ccc(-c2scnc2C)cc1)C(C)(C)C. The van der Waals surface area contributed by atoms with Crippen LogP contribution in [0.5, 0.6) is 11.5 Å². The number of carbonyl (C=O) groups excluding carboxylic acids is 5. The van der Waals surface area contributed by atoms with Gasteiger partial charge in [-0.3, -0.25) is 19.2 Å². The Morgan fingerprint density at radius 3 is 2.24 bits per heavy atom. The topological polar surface area (TPSA) is 256 Å². The number of β-amino-alcohol motifs (C(OH)–C–C–N with tert-alkyl or cyclic N) is 1. The lowest BCUT2D eigenvalue weighted by atomic mass is 9.85. The molecule has 0 aliphatic carbocycles. The van der Waals surface area contributed by atoms with Crippen molar-refractivity contribution in [3.63, 3.8) is 0 Å². The van der Waals surface area contributed by atoms with Gasteiger partial charge in [0.1, 0.15) is 60.7 Å². The minimum atomic E-state index is -1.03. The van der Waals surface area contributed by atoms with Gasteiger partial charge in [0, 0.05) is 44.5 Å². The summed E-state index contributed by atoms with van der Waals surface area (Å²) in [5.74, 6) is -0.680. The summed E-state index contributed by atoms with van der Waals surface area (Å²) in [7, 11) is 0. The van der Waals surface area contributed by atoms with E-state index in [1.807, 2.05) is 85.8 Å². The van der Waals surface area contributed by atoms with Gasteiger partial charge in [-0.1, -0.05) is 70.2 Å². The zero-order valence-corrected chi connectivity index (χ0v) is 42.9. The first-order chi connectivity index (χ1) is 35.6. The van der Waals surface area contributed by atoms with Crippen LogP contribution in [0.1, 0.15) is 64.3 Å². The lowest BCUT2D eigenvalue weighted by Gasteiger charge is -2.35. The van der Waals surface area contributed by atoms with Crippen LogP contribution in [0.2, 0.25) is 0 Å². The molecule has 74 heavy (non-hydrogen) atoms. The van der Waals surface area contributed by atoms with Gasteiger partial charge in [0.2, 0.25) is 23.6 Å². The third-order valence-corrected chi connectivity index (χ3v) is 13.9. The lowest BCUT2D eigenvalue weighted by Crippen LogP contribution is -2.58. The molecule has 2 aliphatic heterocycles. The fourth-order valence-electron chi connectivity index (χ4n) is 9.12. The standard InChI is InChI=1S/C53H62N10O10S/c1-6-43(66)61-27-36(63-49-44(48(54)56-30-57-49)45(60-63)34-16-18-39(19-17-34)73-38-10-8-7-9-11-38)24-41(61)52(69)72-23-22-70-20-21-71-29-42(65)59-47(53(3,4)5)51(68)62-28-37(64)25-40(62)50(67)55-26-33-12-14-35(15-13-33)46-32(2)58-31-74-46/h7-19,30-31,36-37,40-41,47,64H,6,20-29H2,1-5H3,(H,55,67)(H,59,65)(H2,54,56,57)/t36-,37+,40-,41-,47+/m0/s1. The van der Waals surface area contributed by atoms with Gasteiger partial charge in [-0.25, -0.2) is 24.4 Å². The van der Waals surface area contributed by atoms with Gasteiger partial charge < -0.3 is 50.2 Å². The number of aromatic nitrogens is 5. The predicted molar refractivity (Wildman–Crippen MR) is 275 cm³/mol. The molecule has 2 saturated heterocycles. The molecule has 2 aliphatic rings. The van der Waals surface area contributed by atoms with E-state index < -0.39 is 59.4 Å². The Bertz CT molecular complexity index is 2930. The van der Waals surface area contributed by atoms with Crippen LogP contribution in [0.4, 0.5) is 5.82 Å². The number of hydrogen-bond donors (Lipinski definition) is 4. The molecule has 20 nitrogen and oxygen atoms in total. The number of benzene rings is 3. The number of aryl methyl sites for hydroxylation is 1. The summed E-state index contributed by atoms with van der Waals surface area (Å²) in [4.78, 5) is 84.4. The molecule has 390 valence electrons. The van der Waals surface area contributed by atoms with Gasteiger partial charge >= 0.3 is 5.97 Å². The number of thiazole rings is 1. The number of nitrogens with one attached hydrogen (secondary N) is 2. The molecule has 5 N–H and O–H groups in total. The molecule has 0 saturated carbocycles. The van der Waals surface area contributed by atoms with E-state index in [4.69, 9.17) is 29.8 Å². The highest BCUT2D eigenvalue weighted by Crippen LogP contribution is 2.37. The molecular formula is C53H62N10O10S. The zero-order valence-electron chi connectivity index (χ0n) is 42.1. The van der Waals surface area contributed by atoms with Gasteiger partial charge in [0.15, 0.2) is 5.65 Å². The number of rotatable bonds is 20. The van der Waals surface area contributed by atoms with E-state index in [1.54, 1.807) is 49.2 Å². The highest BCUT2D eigenvalue weighted by Gasteiger charge is 2.45. The first kappa shape index (κ1) is 53.0. The lowest BCUT2D eigenvalue weighted by molar-refractivity contribution is -0.154. The number of nitrogens with two attached hydrogens (primary N) is 1. The average molecular weight is 1030 g/mol.